The molecule has 1 amide bonds. The summed E-state index contributed by atoms with van der Waals surface area (Å²) in [6, 6.07) is -0.561. The van der Waals surface area contributed by atoms with Crippen molar-refractivity contribution in [3.63, 3.8) is 0 Å². The highest BCUT2D eigenvalue weighted by Crippen LogP contribution is 2.12. The Morgan fingerprint density at radius 1 is 1.46 bits per heavy atom. The molecule has 0 radical (unpaired) electrons. The zero-order valence-electron chi connectivity index (χ0n) is 7.31. The van der Waals surface area contributed by atoms with Gasteiger partial charge >= 0.3 is 0 Å². The molecule has 0 aromatic rings. The molecule has 0 saturated heterocycles. The van der Waals surface area contributed by atoms with Crippen LogP contribution in [0.25, 0.3) is 0 Å². The van der Waals surface area contributed by atoms with Crippen LogP contribution in [0.5, 0.6) is 0 Å². The van der Waals surface area contributed by atoms with E-state index in [1.54, 1.807) is 0 Å². The molecule has 0 spiro atoms. The Morgan fingerprint density at radius 3 is 2.62 bits per heavy atom. The summed E-state index contributed by atoms with van der Waals surface area (Å²) in [7, 11) is 0. The minimum absolute atomic E-state index is 0.222. The van der Waals surface area contributed by atoms with Gasteiger partial charge in [0.1, 0.15) is 12.5 Å². The summed E-state index contributed by atoms with van der Waals surface area (Å²) < 4.78 is 10.1. The van der Waals surface area contributed by atoms with Gasteiger partial charge < -0.3 is 20.9 Å². The molecule has 1 rings (SSSR count). The molecule has 5 heteroatoms. The average Bonchev–Trinajstić information content (AvgIpc) is 2.56. The van der Waals surface area contributed by atoms with E-state index in [9.17, 15) is 4.79 Å². The largest absolute Gasteiger partial charge is 0.459 e. The van der Waals surface area contributed by atoms with Crippen LogP contribution in [0.3, 0.4) is 0 Å². The van der Waals surface area contributed by atoms with Crippen molar-refractivity contribution in [2.24, 2.45) is 11.5 Å². The van der Waals surface area contributed by atoms with Gasteiger partial charge in [0.25, 0.3) is 0 Å². The lowest BCUT2D eigenvalue weighted by atomic mass is 10.1. The van der Waals surface area contributed by atoms with Crippen LogP contribution in [0.4, 0.5) is 0 Å². The molecule has 1 heterocycles. The second-order valence-electron chi connectivity index (χ2n) is 2.91. The molecular weight excluding hydrogens is 172 g/mol. The van der Waals surface area contributed by atoms with Crippen molar-refractivity contribution in [1.82, 2.24) is 0 Å². The van der Waals surface area contributed by atoms with Crippen molar-refractivity contribution in [2.45, 2.75) is 31.6 Å². The number of rotatable bonds is 5. The van der Waals surface area contributed by atoms with Crippen LogP contribution in [0.1, 0.15) is 19.3 Å². The van der Waals surface area contributed by atoms with E-state index in [2.05, 4.69) is 0 Å². The minimum atomic E-state index is -0.561. The first kappa shape index (κ1) is 9.85. The highest BCUT2D eigenvalue weighted by atomic mass is 16.7. The van der Waals surface area contributed by atoms with E-state index in [-0.39, 0.29) is 6.29 Å². The summed E-state index contributed by atoms with van der Waals surface area (Å²) in [6.07, 6.45) is 4.82. The molecule has 0 saturated carbocycles. The standard InChI is InChI=1S/C8H14N2O3/c9-6(8(10)11)2-1-3-7-12-4-5-13-7/h4-7H,1-3,9H2,(H2,10,11). The fourth-order valence-corrected chi connectivity index (χ4v) is 1.05. The van der Waals surface area contributed by atoms with E-state index in [1.807, 2.05) is 0 Å². The molecule has 74 valence electrons. The molecule has 13 heavy (non-hydrogen) atoms. The minimum Gasteiger partial charge on any atom is -0.459 e. The van der Waals surface area contributed by atoms with Gasteiger partial charge in [0.2, 0.25) is 12.2 Å². The van der Waals surface area contributed by atoms with Crippen molar-refractivity contribution in [3.05, 3.63) is 12.5 Å². The summed E-state index contributed by atoms with van der Waals surface area (Å²) in [5.74, 6) is -0.466. The van der Waals surface area contributed by atoms with Crippen LogP contribution in [0.2, 0.25) is 0 Å². The molecule has 4 N–H and O–H groups in total. The first-order valence-electron chi connectivity index (χ1n) is 4.21. The number of carbonyl (C=O) groups is 1. The highest BCUT2D eigenvalue weighted by Gasteiger charge is 2.14. The topological polar surface area (TPSA) is 87.6 Å². The smallest absolute Gasteiger partial charge is 0.239 e. The third-order valence-corrected chi connectivity index (χ3v) is 1.84. The maximum atomic E-state index is 10.5. The number of hydrogen-bond donors (Lipinski definition) is 2. The number of ether oxygens (including phenoxy) is 2. The second-order valence-corrected chi connectivity index (χ2v) is 2.91. The zero-order valence-corrected chi connectivity index (χ0v) is 7.31. The van der Waals surface area contributed by atoms with Crippen molar-refractivity contribution in [1.29, 1.82) is 0 Å². The molecule has 1 unspecified atom stereocenters. The predicted molar refractivity (Wildman–Crippen MR) is 46.1 cm³/mol. The molecule has 0 bridgehead atoms. The van der Waals surface area contributed by atoms with Crippen molar-refractivity contribution in [2.75, 3.05) is 0 Å². The summed E-state index contributed by atoms with van der Waals surface area (Å²) in [4.78, 5) is 10.5. The van der Waals surface area contributed by atoms with Crippen LogP contribution >= 0.6 is 0 Å². The quantitative estimate of drug-likeness (QED) is 0.623. The van der Waals surface area contributed by atoms with Gasteiger partial charge in [-0.15, -0.1) is 0 Å². The normalized spacial score (nSPS) is 17.9. The van der Waals surface area contributed by atoms with Gasteiger partial charge in [-0.25, -0.2) is 0 Å². The summed E-state index contributed by atoms with van der Waals surface area (Å²) in [6.45, 7) is 0. The third-order valence-electron chi connectivity index (χ3n) is 1.84. The van der Waals surface area contributed by atoms with E-state index in [1.165, 1.54) is 12.5 Å². The van der Waals surface area contributed by atoms with Crippen molar-refractivity contribution >= 4 is 5.91 Å². The van der Waals surface area contributed by atoms with E-state index >= 15 is 0 Å². The van der Waals surface area contributed by atoms with Crippen LogP contribution in [-0.2, 0) is 14.3 Å². The van der Waals surface area contributed by atoms with Crippen LogP contribution in [-0.4, -0.2) is 18.2 Å². The summed E-state index contributed by atoms with van der Waals surface area (Å²) in [5, 5.41) is 0. The lowest BCUT2D eigenvalue weighted by Crippen LogP contribution is -2.36. The summed E-state index contributed by atoms with van der Waals surface area (Å²) in [5.41, 5.74) is 10.4. The molecule has 5 nitrogen and oxygen atoms in total. The Kier molecular flexibility index (Phi) is 3.57. The SMILES string of the molecule is NC(=O)C(N)CCCC1OC=CO1. The molecule has 0 fully saturated rings. The lowest BCUT2D eigenvalue weighted by Gasteiger charge is -2.11. The van der Waals surface area contributed by atoms with E-state index in [0.29, 0.717) is 12.8 Å². The van der Waals surface area contributed by atoms with Gasteiger partial charge in [-0.1, -0.05) is 0 Å². The number of primary amides is 1. The fraction of sp³-hybridized carbons (Fsp3) is 0.625. The Hall–Kier alpha value is -1.23. The van der Waals surface area contributed by atoms with E-state index in [0.717, 1.165) is 6.42 Å². The fourth-order valence-electron chi connectivity index (χ4n) is 1.05. The van der Waals surface area contributed by atoms with Gasteiger partial charge in [-0.2, -0.15) is 0 Å². The van der Waals surface area contributed by atoms with Gasteiger partial charge in [0.05, 0.1) is 6.04 Å². The van der Waals surface area contributed by atoms with Crippen LogP contribution in [0.15, 0.2) is 12.5 Å². The average molecular weight is 186 g/mol. The Balaban J connectivity index is 2.03. The van der Waals surface area contributed by atoms with Gasteiger partial charge in [-0.3, -0.25) is 4.79 Å². The van der Waals surface area contributed by atoms with Gasteiger partial charge in [-0.05, 0) is 12.8 Å². The third kappa shape index (κ3) is 3.33. The van der Waals surface area contributed by atoms with E-state index in [4.69, 9.17) is 20.9 Å². The van der Waals surface area contributed by atoms with Gasteiger partial charge in [0.15, 0.2) is 0 Å². The van der Waals surface area contributed by atoms with Crippen molar-refractivity contribution < 1.29 is 14.3 Å². The molecule has 0 aliphatic carbocycles. The number of nitrogens with two attached hydrogens (primary N) is 2. The van der Waals surface area contributed by atoms with Crippen LogP contribution in [0, 0.1) is 0 Å². The number of amides is 1. The monoisotopic (exact) mass is 186 g/mol. The zero-order chi connectivity index (χ0) is 9.68. The maximum Gasteiger partial charge on any atom is 0.239 e. The molecule has 1 aliphatic heterocycles. The predicted octanol–water partition coefficient (Wildman–Crippen LogP) is -0.187. The molecular formula is C8H14N2O3. The first-order chi connectivity index (χ1) is 6.20. The van der Waals surface area contributed by atoms with Crippen molar-refractivity contribution in [3.8, 4) is 0 Å². The second kappa shape index (κ2) is 4.71. The molecule has 0 aromatic carbocycles. The van der Waals surface area contributed by atoms with Gasteiger partial charge in [0, 0.05) is 6.42 Å². The molecule has 1 aliphatic rings. The number of hydrogen-bond acceptors (Lipinski definition) is 4. The lowest BCUT2D eigenvalue weighted by molar-refractivity contribution is -0.119. The van der Waals surface area contributed by atoms with Crippen LogP contribution < -0.4 is 11.5 Å². The summed E-state index contributed by atoms with van der Waals surface area (Å²) >= 11 is 0. The molecule has 1 atom stereocenters. The Bertz CT molecular complexity index is 198. The Morgan fingerprint density at radius 2 is 2.08 bits per heavy atom. The number of carbonyl (C=O) groups excluding carboxylic acids is 1. The Labute approximate surface area is 76.7 Å². The first-order valence-corrected chi connectivity index (χ1v) is 4.21. The maximum absolute atomic E-state index is 10.5. The van der Waals surface area contributed by atoms with E-state index < -0.39 is 11.9 Å². The highest BCUT2D eigenvalue weighted by molar-refractivity contribution is 5.79. The molecule has 0 aromatic heterocycles.